The van der Waals surface area contributed by atoms with E-state index in [1.54, 1.807) is 30.3 Å². The van der Waals surface area contributed by atoms with Crippen LogP contribution in [0.3, 0.4) is 0 Å². The topological polar surface area (TPSA) is 35.5 Å². The molecule has 2 aromatic rings. The van der Waals surface area contributed by atoms with Crippen LogP contribution in [0.4, 0.5) is 0 Å². The molecule has 0 atom stereocenters. The molecular formula is C17H11Cl3O3. The van der Waals surface area contributed by atoms with E-state index in [0.717, 1.165) is 5.56 Å². The molecule has 0 bridgehead atoms. The maximum Gasteiger partial charge on any atom is 0.339 e. The summed E-state index contributed by atoms with van der Waals surface area (Å²) in [5.74, 6) is 2.12. The molecule has 23 heavy (non-hydrogen) atoms. The number of hydrogen-bond donors (Lipinski definition) is 0. The van der Waals surface area contributed by atoms with Crippen LogP contribution in [-0.4, -0.2) is 12.6 Å². The molecule has 0 amide bonds. The van der Waals surface area contributed by atoms with E-state index in [9.17, 15) is 4.79 Å². The first-order valence-corrected chi connectivity index (χ1v) is 7.61. The average Bonchev–Trinajstić information content (AvgIpc) is 2.54. The summed E-state index contributed by atoms with van der Waals surface area (Å²) in [7, 11) is 0. The quantitative estimate of drug-likeness (QED) is 0.548. The molecule has 0 fully saturated rings. The standard InChI is InChI=1S/C17H11Cl3O3/c1-2-7-22-17(21)12-4-6-16(15(20)9-12)23-10-11-3-5-13(18)14(19)8-11/h1,3-6,8-9H,7,10H2. The number of rotatable bonds is 5. The van der Waals surface area contributed by atoms with Crippen molar-refractivity contribution in [2.45, 2.75) is 6.61 Å². The van der Waals surface area contributed by atoms with Crippen molar-refractivity contribution in [3.05, 3.63) is 62.6 Å². The van der Waals surface area contributed by atoms with Gasteiger partial charge in [0.15, 0.2) is 6.61 Å². The van der Waals surface area contributed by atoms with Crippen molar-refractivity contribution in [1.82, 2.24) is 0 Å². The summed E-state index contributed by atoms with van der Waals surface area (Å²) in [6.45, 7) is 0.170. The van der Waals surface area contributed by atoms with Crippen molar-refractivity contribution >= 4 is 40.8 Å². The van der Waals surface area contributed by atoms with Crippen LogP contribution in [0, 0.1) is 12.3 Å². The lowest BCUT2D eigenvalue weighted by Gasteiger charge is -2.10. The van der Waals surface area contributed by atoms with Gasteiger partial charge in [0, 0.05) is 0 Å². The second-order valence-corrected chi connectivity index (χ2v) is 5.68. The van der Waals surface area contributed by atoms with Crippen molar-refractivity contribution in [2.75, 3.05) is 6.61 Å². The number of benzene rings is 2. The Balaban J connectivity index is 2.05. The minimum Gasteiger partial charge on any atom is -0.487 e. The first-order valence-electron chi connectivity index (χ1n) is 6.48. The molecule has 0 spiro atoms. The second-order valence-electron chi connectivity index (χ2n) is 4.46. The van der Waals surface area contributed by atoms with Gasteiger partial charge in [0.25, 0.3) is 0 Å². The minimum absolute atomic E-state index is 0.0912. The van der Waals surface area contributed by atoms with E-state index in [1.807, 2.05) is 0 Å². The van der Waals surface area contributed by atoms with Crippen LogP contribution >= 0.6 is 34.8 Å². The lowest BCUT2D eigenvalue weighted by Crippen LogP contribution is -2.05. The van der Waals surface area contributed by atoms with Crippen LogP contribution < -0.4 is 4.74 Å². The summed E-state index contributed by atoms with van der Waals surface area (Å²) in [6, 6.07) is 9.80. The maximum atomic E-state index is 11.7. The molecule has 0 heterocycles. The van der Waals surface area contributed by atoms with Gasteiger partial charge in [0.2, 0.25) is 0 Å². The van der Waals surface area contributed by atoms with E-state index < -0.39 is 5.97 Å². The van der Waals surface area contributed by atoms with Gasteiger partial charge in [0.05, 0.1) is 20.6 Å². The van der Waals surface area contributed by atoms with Gasteiger partial charge in [-0.1, -0.05) is 46.8 Å². The number of carbonyl (C=O) groups is 1. The molecule has 2 rings (SSSR count). The van der Waals surface area contributed by atoms with Gasteiger partial charge in [-0.15, -0.1) is 6.42 Å². The highest BCUT2D eigenvalue weighted by Gasteiger charge is 2.11. The highest BCUT2D eigenvalue weighted by molar-refractivity contribution is 6.42. The number of terminal acetylenes is 1. The molecule has 0 aliphatic carbocycles. The van der Waals surface area contributed by atoms with Crippen LogP contribution in [0.5, 0.6) is 5.75 Å². The third-order valence-electron chi connectivity index (χ3n) is 2.83. The highest BCUT2D eigenvalue weighted by atomic mass is 35.5. The molecule has 0 saturated heterocycles. The monoisotopic (exact) mass is 368 g/mol. The van der Waals surface area contributed by atoms with Crippen molar-refractivity contribution in [2.24, 2.45) is 0 Å². The highest BCUT2D eigenvalue weighted by Crippen LogP contribution is 2.28. The second kappa shape index (κ2) is 8.12. The Morgan fingerprint density at radius 1 is 1.04 bits per heavy atom. The molecule has 3 nitrogen and oxygen atoms in total. The molecule has 0 N–H and O–H groups in total. The third-order valence-corrected chi connectivity index (χ3v) is 3.87. The number of halogens is 3. The number of esters is 1. The molecule has 2 aromatic carbocycles. The zero-order valence-corrected chi connectivity index (χ0v) is 14.1. The minimum atomic E-state index is -0.541. The summed E-state index contributed by atoms with van der Waals surface area (Å²) in [6.07, 6.45) is 5.03. The Morgan fingerprint density at radius 3 is 2.48 bits per heavy atom. The number of hydrogen-bond acceptors (Lipinski definition) is 3. The third kappa shape index (κ3) is 4.80. The van der Waals surface area contributed by atoms with Gasteiger partial charge in [0.1, 0.15) is 12.4 Å². The predicted molar refractivity (Wildman–Crippen MR) is 91.4 cm³/mol. The van der Waals surface area contributed by atoms with E-state index in [0.29, 0.717) is 26.4 Å². The van der Waals surface area contributed by atoms with Crippen molar-refractivity contribution in [3.63, 3.8) is 0 Å². The predicted octanol–water partition coefficient (Wildman–Crippen LogP) is 5.02. The van der Waals surface area contributed by atoms with Crippen LogP contribution in [0.2, 0.25) is 15.1 Å². The molecular weight excluding hydrogens is 359 g/mol. The van der Waals surface area contributed by atoms with Crippen LogP contribution in [0.25, 0.3) is 0 Å². The van der Waals surface area contributed by atoms with Gasteiger partial charge in [-0.05, 0) is 35.9 Å². The fourth-order valence-electron chi connectivity index (χ4n) is 1.73. The summed E-state index contributed by atoms with van der Waals surface area (Å²) in [5.41, 5.74) is 1.14. The lowest BCUT2D eigenvalue weighted by atomic mass is 10.2. The van der Waals surface area contributed by atoms with E-state index in [1.165, 1.54) is 6.07 Å². The fourth-order valence-corrected chi connectivity index (χ4v) is 2.28. The summed E-state index contributed by atoms with van der Waals surface area (Å²) >= 11 is 17.9. The molecule has 0 radical (unpaired) electrons. The van der Waals surface area contributed by atoms with Gasteiger partial charge in [-0.25, -0.2) is 4.79 Å². The molecule has 118 valence electrons. The zero-order chi connectivity index (χ0) is 16.8. The van der Waals surface area contributed by atoms with E-state index in [4.69, 9.17) is 50.7 Å². The van der Waals surface area contributed by atoms with Crippen molar-refractivity contribution in [1.29, 1.82) is 0 Å². The molecule has 0 aromatic heterocycles. The van der Waals surface area contributed by atoms with Gasteiger partial charge >= 0.3 is 5.97 Å². The van der Waals surface area contributed by atoms with Gasteiger partial charge < -0.3 is 9.47 Å². The zero-order valence-electron chi connectivity index (χ0n) is 11.8. The molecule has 0 unspecified atom stereocenters. The first kappa shape index (κ1) is 17.5. The first-order chi connectivity index (χ1) is 11.0. The van der Waals surface area contributed by atoms with Crippen molar-refractivity contribution in [3.8, 4) is 18.1 Å². The van der Waals surface area contributed by atoms with Gasteiger partial charge in [-0.3, -0.25) is 0 Å². The Bertz CT molecular complexity index is 766. The molecule has 0 saturated carbocycles. The van der Waals surface area contributed by atoms with E-state index in [2.05, 4.69) is 5.92 Å². The summed E-state index contributed by atoms with van der Waals surface area (Å²) in [5, 5.41) is 1.22. The Labute approximate surface area is 149 Å². The Hall–Kier alpha value is -1.86. The smallest absolute Gasteiger partial charge is 0.339 e. The normalized spacial score (nSPS) is 10.0. The Kier molecular flexibility index (Phi) is 6.18. The van der Waals surface area contributed by atoms with Crippen LogP contribution in [0.15, 0.2) is 36.4 Å². The summed E-state index contributed by atoms with van der Waals surface area (Å²) in [4.78, 5) is 11.7. The lowest BCUT2D eigenvalue weighted by molar-refractivity contribution is 0.0556. The molecule has 0 aliphatic rings. The van der Waals surface area contributed by atoms with Crippen LogP contribution in [0.1, 0.15) is 15.9 Å². The SMILES string of the molecule is C#CCOC(=O)c1ccc(OCc2ccc(Cl)c(Cl)c2)c(Cl)c1. The molecule has 6 heteroatoms. The molecule has 0 aliphatic heterocycles. The maximum absolute atomic E-state index is 11.7. The Morgan fingerprint density at radius 2 is 1.83 bits per heavy atom. The summed E-state index contributed by atoms with van der Waals surface area (Å²) < 4.78 is 10.4. The largest absolute Gasteiger partial charge is 0.487 e. The van der Waals surface area contributed by atoms with E-state index in [-0.39, 0.29) is 13.2 Å². The fraction of sp³-hybridized carbons (Fsp3) is 0.118. The van der Waals surface area contributed by atoms with Crippen molar-refractivity contribution < 1.29 is 14.3 Å². The number of ether oxygens (including phenoxy) is 2. The average molecular weight is 370 g/mol. The van der Waals surface area contributed by atoms with Crippen LogP contribution in [-0.2, 0) is 11.3 Å². The van der Waals surface area contributed by atoms with Gasteiger partial charge in [-0.2, -0.15) is 0 Å². The van der Waals surface area contributed by atoms with E-state index >= 15 is 0 Å². The number of carbonyl (C=O) groups excluding carboxylic acids is 1.